The third-order valence-corrected chi connectivity index (χ3v) is 18.9. The molecule has 0 atom stereocenters. The fourth-order valence-electron chi connectivity index (χ4n) is 1.86. The van der Waals surface area contributed by atoms with Crippen molar-refractivity contribution in [3.8, 4) is 19.0 Å². The molecule has 0 fully saturated rings. The fraction of sp³-hybridized carbons (Fsp3) is 0.750. The summed E-state index contributed by atoms with van der Waals surface area (Å²) in [5, 5.41) is 0. The zero-order chi connectivity index (χ0) is 15.5. The summed E-state index contributed by atoms with van der Waals surface area (Å²) in [4.78, 5) is 0. The third kappa shape index (κ3) is 7.35. The van der Waals surface area contributed by atoms with E-state index in [1.165, 1.54) is 0 Å². The first-order chi connectivity index (χ1) is 8.30. The minimum atomic E-state index is -2.39. The van der Waals surface area contributed by atoms with Crippen molar-refractivity contribution >= 4 is 39.8 Å². The predicted molar refractivity (Wildman–Crippen MR) is 98.2 cm³/mol. The van der Waals surface area contributed by atoms with Gasteiger partial charge in [0.25, 0.3) is 0 Å². The summed E-state index contributed by atoms with van der Waals surface area (Å²) in [6, 6.07) is 0. The Kier molecular flexibility index (Phi) is 7.43. The van der Waals surface area contributed by atoms with Gasteiger partial charge in [0.15, 0.2) is 0 Å². The van der Waals surface area contributed by atoms with E-state index >= 15 is 0 Å². The van der Waals surface area contributed by atoms with Crippen LogP contribution >= 0.6 is 0 Å². The van der Waals surface area contributed by atoms with Gasteiger partial charge in [-0.15, -0.1) is 0 Å². The van der Waals surface area contributed by atoms with Crippen LogP contribution in [0.4, 0.5) is 0 Å². The van der Waals surface area contributed by atoms with Crippen LogP contribution in [0.25, 0.3) is 0 Å². The van der Waals surface area contributed by atoms with E-state index in [0.717, 1.165) is 0 Å². The van der Waals surface area contributed by atoms with E-state index in [-0.39, 0.29) is 0 Å². The van der Waals surface area contributed by atoms with Crippen molar-refractivity contribution in [1.29, 1.82) is 0 Å². The van der Waals surface area contributed by atoms with Crippen LogP contribution in [0.3, 0.4) is 0 Å². The first kappa shape index (κ1) is 19.7. The number of rotatable bonds is 2. The molecule has 0 N–H and O–H groups in total. The molecule has 0 saturated heterocycles. The Labute approximate surface area is 130 Å². The topological polar surface area (TPSA) is 0 Å². The van der Waals surface area contributed by atoms with Gasteiger partial charge < -0.3 is 0 Å². The van der Waals surface area contributed by atoms with Gasteiger partial charge in [-0.25, -0.2) is 0 Å². The normalized spacial score (nSPS) is 12.8. The van der Waals surface area contributed by atoms with Gasteiger partial charge in [-0.05, 0) is 0 Å². The van der Waals surface area contributed by atoms with E-state index in [1.54, 1.807) is 0 Å². The Hall–Kier alpha value is 0.749. The zero-order valence-electron chi connectivity index (χ0n) is 14.7. The van der Waals surface area contributed by atoms with Gasteiger partial charge in [-0.2, -0.15) is 0 Å². The molecule has 0 aromatic rings. The SMILES string of the molecule is C[CH](C)[Ge]([C]#[C][Ge]([CH3])([CH3])[CH3])([C]#[C][Ge]([CH3])([CH3])[CH3])[CH](C)C. The average Bonchev–Trinajstić information content (AvgIpc) is 2.13. The summed E-state index contributed by atoms with van der Waals surface area (Å²) < 4.78 is 16.4. The molecular weight excluding hydrogens is 410 g/mol. The molecule has 3 heteroatoms. The van der Waals surface area contributed by atoms with Crippen molar-refractivity contribution < 1.29 is 0 Å². The van der Waals surface area contributed by atoms with Crippen molar-refractivity contribution in [1.82, 2.24) is 0 Å². The van der Waals surface area contributed by atoms with Crippen LogP contribution in [0.1, 0.15) is 27.7 Å². The molecular formula is C16H32Ge3. The Morgan fingerprint density at radius 2 is 0.789 bits per heavy atom. The Morgan fingerprint density at radius 1 is 0.526 bits per heavy atom. The van der Waals surface area contributed by atoms with Crippen LogP contribution in [0, 0.1) is 19.0 Å². The molecule has 0 rings (SSSR count). The average molecular weight is 442 g/mol. The van der Waals surface area contributed by atoms with Crippen LogP contribution in [0.15, 0.2) is 0 Å². The molecule has 0 bridgehead atoms. The van der Waals surface area contributed by atoms with E-state index in [0.29, 0.717) is 9.50 Å². The maximum atomic E-state index is 3.82. The first-order valence-electron chi connectivity index (χ1n) is 7.39. The van der Waals surface area contributed by atoms with Crippen LogP contribution in [-0.2, 0) is 0 Å². The van der Waals surface area contributed by atoms with Crippen molar-refractivity contribution in [3.63, 3.8) is 0 Å². The fourth-order valence-corrected chi connectivity index (χ4v) is 22.3. The third-order valence-electron chi connectivity index (χ3n) is 3.11. The minimum absolute atomic E-state index is 0.675. The van der Waals surface area contributed by atoms with E-state index in [4.69, 9.17) is 0 Å². The van der Waals surface area contributed by atoms with Gasteiger partial charge >= 0.3 is 131 Å². The van der Waals surface area contributed by atoms with Gasteiger partial charge in [0, 0.05) is 0 Å². The van der Waals surface area contributed by atoms with Gasteiger partial charge in [-0.3, -0.25) is 0 Å². The number of hydrogen-bond donors (Lipinski definition) is 0. The second-order valence-electron chi connectivity index (χ2n) is 8.18. The van der Waals surface area contributed by atoms with E-state index in [1.807, 2.05) is 0 Å². The van der Waals surface area contributed by atoms with Gasteiger partial charge in [-0.1, -0.05) is 0 Å². The molecule has 0 spiro atoms. The zero-order valence-corrected chi connectivity index (χ0v) is 20.9. The molecule has 0 heterocycles. The Morgan fingerprint density at radius 3 is 0.947 bits per heavy atom. The quantitative estimate of drug-likeness (QED) is 0.413. The number of hydrogen-bond acceptors (Lipinski definition) is 0. The molecule has 0 radical (unpaired) electrons. The molecule has 0 unspecified atom stereocenters. The van der Waals surface area contributed by atoms with E-state index in [9.17, 15) is 0 Å². The summed E-state index contributed by atoms with van der Waals surface area (Å²) in [6.07, 6.45) is 0. The standard InChI is InChI=1S/C16H32Ge3/c1-15(2)19(16(3)4,13-11-17(5,6)7)14-12-18(8,9)10/h15-16H,1-10H3. The Balaban J connectivity index is 5.83. The maximum absolute atomic E-state index is 3.82. The predicted octanol–water partition coefficient (Wildman–Crippen LogP) is 5.10. The summed E-state index contributed by atoms with van der Waals surface area (Å²) in [6.45, 7) is 9.42. The summed E-state index contributed by atoms with van der Waals surface area (Å²) in [5.74, 6) is 14.3. The van der Waals surface area contributed by atoms with Gasteiger partial charge in [0.05, 0.1) is 0 Å². The van der Waals surface area contributed by atoms with E-state index < -0.39 is 39.8 Å². The van der Waals surface area contributed by atoms with Gasteiger partial charge in [0.1, 0.15) is 0 Å². The molecule has 0 amide bonds. The molecule has 0 aromatic heterocycles. The second kappa shape index (κ2) is 7.15. The molecule has 0 nitrogen and oxygen atoms in total. The van der Waals surface area contributed by atoms with Crippen molar-refractivity contribution in [2.45, 2.75) is 71.7 Å². The van der Waals surface area contributed by atoms with E-state index in [2.05, 4.69) is 81.2 Å². The van der Waals surface area contributed by atoms with Crippen LogP contribution in [0.2, 0.25) is 44.0 Å². The summed E-state index contributed by atoms with van der Waals surface area (Å²) in [5.41, 5.74) is 0. The van der Waals surface area contributed by atoms with Crippen LogP contribution in [0.5, 0.6) is 0 Å². The van der Waals surface area contributed by atoms with Crippen LogP contribution < -0.4 is 0 Å². The van der Waals surface area contributed by atoms with Crippen molar-refractivity contribution in [2.75, 3.05) is 0 Å². The first-order valence-corrected chi connectivity index (χ1v) is 26.6. The molecule has 108 valence electrons. The van der Waals surface area contributed by atoms with Crippen molar-refractivity contribution in [3.05, 3.63) is 0 Å². The van der Waals surface area contributed by atoms with Crippen LogP contribution in [-0.4, -0.2) is 39.8 Å². The monoisotopic (exact) mass is 446 g/mol. The molecule has 0 aliphatic carbocycles. The Bertz CT molecular complexity index is 369. The molecule has 0 aliphatic rings. The molecule has 19 heavy (non-hydrogen) atoms. The molecule has 0 aromatic carbocycles. The summed E-state index contributed by atoms with van der Waals surface area (Å²) >= 11 is -5.96. The molecule has 0 saturated carbocycles. The van der Waals surface area contributed by atoms with Gasteiger partial charge in [0.2, 0.25) is 0 Å². The second-order valence-corrected chi connectivity index (χ2v) is 37.7. The van der Waals surface area contributed by atoms with Crippen molar-refractivity contribution in [2.24, 2.45) is 0 Å². The summed E-state index contributed by atoms with van der Waals surface area (Å²) in [7, 11) is 0. The molecule has 0 aliphatic heterocycles.